The number of hydrogen-bond acceptors (Lipinski definition) is 8. The van der Waals surface area contributed by atoms with Crippen LogP contribution in [-0.4, -0.2) is 21.9 Å². The van der Waals surface area contributed by atoms with Crippen molar-refractivity contribution in [1.29, 1.82) is 0 Å². The highest BCUT2D eigenvalue weighted by Gasteiger charge is 2.25. The summed E-state index contributed by atoms with van der Waals surface area (Å²) in [6.45, 7) is 3.44. The van der Waals surface area contributed by atoms with Crippen LogP contribution in [0.1, 0.15) is 58.2 Å². The summed E-state index contributed by atoms with van der Waals surface area (Å²) in [7, 11) is 0. The van der Waals surface area contributed by atoms with Crippen molar-refractivity contribution in [1.82, 2.24) is 9.97 Å². The van der Waals surface area contributed by atoms with E-state index in [1.165, 1.54) is 0 Å². The number of benzene rings is 2. The molecule has 1 aromatic heterocycles. The van der Waals surface area contributed by atoms with E-state index in [4.69, 9.17) is 20.9 Å². The van der Waals surface area contributed by atoms with Crippen molar-refractivity contribution in [2.75, 3.05) is 11.5 Å². The molecule has 3 aromatic rings. The van der Waals surface area contributed by atoms with Gasteiger partial charge in [0.1, 0.15) is 12.2 Å². The maximum atomic E-state index is 12.5. The van der Waals surface area contributed by atoms with Crippen LogP contribution in [-0.2, 0) is 9.47 Å². The number of nitrogen functional groups attached to an aromatic ring is 2. The summed E-state index contributed by atoms with van der Waals surface area (Å²) in [5.74, 6) is -2.12. The van der Waals surface area contributed by atoms with Crippen molar-refractivity contribution >= 4 is 23.6 Å². The number of nitrogens with two attached hydrogens (primary N) is 2. The third kappa shape index (κ3) is 4.72. The molecule has 154 valence electrons. The largest absolute Gasteiger partial charge is 0.453 e. The highest BCUT2D eigenvalue weighted by molar-refractivity contribution is 5.97. The normalized spacial score (nSPS) is 12.6. The molecule has 2 atom stereocenters. The maximum absolute atomic E-state index is 12.5. The third-order valence-corrected chi connectivity index (χ3v) is 4.44. The van der Waals surface area contributed by atoms with Crippen LogP contribution in [0.3, 0.4) is 0 Å². The monoisotopic (exact) mass is 406 g/mol. The Hall–Kier alpha value is -3.94. The van der Waals surface area contributed by atoms with E-state index in [0.717, 1.165) is 11.1 Å². The van der Waals surface area contributed by atoms with Crippen LogP contribution in [0.4, 0.5) is 11.6 Å². The fourth-order valence-corrected chi connectivity index (χ4v) is 2.78. The quantitative estimate of drug-likeness (QED) is 0.595. The van der Waals surface area contributed by atoms with Crippen molar-refractivity contribution in [3.63, 3.8) is 0 Å². The summed E-state index contributed by atoms with van der Waals surface area (Å²) in [6, 6.07) is 18.4. The third-order valence-electron chi connectivity index (χ3n) is 4.44. The molecule has 8 nitrogen and oxygen atoms in total. The first-order chi connectivity index (χ1) is 14.4. The Balaban J connectivity index is 1.74. The lowest BCUT2D eigenvalue weighted by Gasteiger charge is -2.16. The van der Waals surface area contributed by atoms with E-state index in [1.54, 1.807) is 13.8 Å². The molecule has 0 spiro atoms. The molecular weight excluding hydrogens is 384 g/mol. The molecule has 4 N–H and O–H groups in total. The number of ether oxygens (including phenoxy) is 2. The standard InChI is InChI=1S/C22H22N4O4/c1-13(15-9-5-3-6-10-15)29-21(27)17-19(23)26-18(20(24)25-17)22(28)30-14(2)16-11-7-4-8-12-16/h3-14H,1-2H3,(H2,24,25)(H2,23,26). The van der Waals surface area contributed by atoms with Crippen LogP contribution in [0, 0.1) is 0 Å². The molecular formula is C22H22N4O4. The molecule has 2 aromatic carbocycles. The molecule has 2 unspecified atom stereocenters. The lowest BCUT2D eigenvalue weighted by Crippen LogP contribution is -2.20. The number of hydrogen-bond donors (Lipinski definition) is 2. The Morgan fingerprint density at radius 2 is 1.03 bits per heavy atom. The fourth-order valence-electron chi connectivity index (χ4n) is 2.78. The summed E-state index contributed by atoms with van der Waals surface area (Å²) < 4.78 is 10.8. The molecule has 0 saturated heterocycles. The summed E-state index contributed by atoms with van der Waals surface area (Å²) in [5.41, 5.74) is 12.8. The number of anilines is 2. The second kappa shape index (κ2) is 9.04. The van der Waals surface area contributed by atoms with Crippen LogP contribution in [0.5, 0.6) is 0 Å². The minimum absolute atomic E-state index is 0.261. The smallest absolute Gasteiger partial charge is 0.361 e. The number of esters is 2. The van der Waals surface area contributed by atoms with Gasteiger partial charge in [-0.25, -0.2) is 19.6 Å². The zero-order chi connectivity index (χ0) is 21.7. The van der Waals surface area contributed by atoms with Crippen molar-refractivity contribution in [2.45, 2.75) is 26.1 Å². The zero-order valence-corrected chi connectivity index (χ0v) is 16.6. The molecule has 0 bridgehead atoms. The van der Waals surface area contributed by atoms with Gasteiger partial charge in [-0.15, -0.1) is 0 Å². The maximum Gasteiger partial charge on any atom is 0.361 e. The zero-order valence-electron chi connectivity index (χ0n) is 16.6. The van der Waals surface area contributed by atoms with Gasteiger partial charge < -0.3 is 20.9 Å². The van der Waals surface area contributed by atoms with Crippen LogP contribution in [0.25, 0.3) is 0 Å². The molecule has 1 heterocycles. The number of carbonyl (C=O) groups excluding carboxylic acids is 2. The second-order valence-electron chi connectivity index (χ2n) is 6.61. The van der Waals surface area contributed by atoms with Crippen molar-refractivity contribution in [2.24, 2.45) is 0 Å². The molecule has 0 aliphatic carbocycles. The summed E-state index contributed by atoms with van der Waals surface area (Å²) in [5, 5.41) is 0. The summed E-state index contributed by atoms with van der Waals surface area (Å²) in [6.07, 6.45) is -1.06. The van der Waals surface area contributed by atoms with Gasteiger partial charge in [0.15, 0.2) is 23.0 Å². The lowest BCUT2D eigenvalue weighted by molar-refractivity contribution is 0.0314. The van der Waals surface area contributed by atoms with Crippen molar-refractivity contribution in [3.05, 3.63) is 83.2 Å². The van der Waals surface area contributed by atoms with E-state index in [-0.39, 0.29) is 23.0 Å². The average Bonchev–Trinajstić information content (AvgIpc) is 2.76. The minimum atomic E-state index is -0.791. The number of rotatable bonds is 6. The highest BCUT2D eigenvalue weighted by Crippen LogP contribution is 2.23. The van der Waals surface area contributed by atoms with Crippen molar-refractivity contribution < 1.29 is 19.1 Å². The van der Waals surface area contributed by atoms with Crippen LogP contribution in [0.2, 0.25) is 0 Å². The van der Waals surface area contributed by atoms with Gasteiger partial charge in [0.25, 0.3) is 0 Å². The van der Waals surface area contributed by atoms with Crippen molar-refractivity contribution in [3.8, 4) is 0 Å². The van der Waals surface area contributed by atoms with Crippen LogP contribution in [0.15, 0.2) is 60.7 Å². The minimum Gasteiger partial charge on any atom is -0.453 e. The molecule has 8 heteroatoms. The molecule has 0 amide bonds. The van der Waals surface area contributed by atoms with Gasteiger partial charge in [0.2, 0.25) is 0 Å². The number of aromatic nitrogens is 2. The first-order valence-electron chi connectivity index (χ1n) is 9.31. The van der Waals surface area contributed by atoms with Gasteiger partial charge in [-0.2, -0.15) is 0 Å². The fraction of sp³-hybridized carbons (Fsp3) is 0.182. The number of nitrogens with zero attached hydrogens (tertiary/aromatic N) is 2. The summed E-state index contributed by atoms with van der Waals surface area (Å²) >= 11 is 0. The molecule has 0 aliphatic heterocycles. The first kappa shape index (κ1) is 20.8. The van der Waals surface area contributed by atoms with Gasteiger partial charge in [-0.1, -0.05) is 60.7 Å². The van der Waals surface area contributed by atoms with E-state index < -0.39 is 24.1 Å². The molecule has 0 fully saturated rings. The van der Waals surface area contributed by atoms with E-state index in [0.29, 0.717) is 0 Å². The van der Waals surface area contributed by atoms with E-state index in [2.05, 4.69) is 9.97 Å². The van der Waals surface area contributed by atoms with E-state index in [1.807, 2.05) is 60.7 Å². The van der Waals surface area contributed by atoms with Gasteiger partial charge in [-0.3, -0.25) is 0 Å². The van der Waals surface area contributed by atoms with E-state index >= 15 is 0 Å². The number of carbonyl (C=O) groups is 2. The SMILES string of the molecule is CC(OC(=O)c1nc(N)c(C(=O)OC(C)c2ccccc2)nc1N)c1ccccc1. The second-order valence-corrected chi connectivity index (χ2v) is 6.61. The first-order valence-corrected chi connectivity index (χ1v) is 9.31. The molecule has 0 saturated carbocycles. The summed E-state index contributed by atoms with van der Waals surface area (Å²) in [4.78, 5) is 32.8. The predicted octanol–water partition coefficient (Wildman–Crippen LogP) is 3.48. The van der Waals surface area contributed by atoms with Gasteiger partial charge in [0.05, 0.1) is 0 Å². The van der Waals surface area contributed by atoms with Gasteiger partial charge >= 0.3 is 11.9 Å². The Bertz CT molecular complexity index is 957. The van der Waals surface area contributed by atoms with Gasteiger partial charge in [-0.05, 0) is 25.0 Å². The Kier molecular flexibility index (Phi) is 6.26. The Labute approximate surface area is 173 Å². The van der Waals surface area contributed by atoms with Crippen LogP contribution < -0.4 is 11.5 Å². The highest BCUT2D eigenvalue weighted by atomic mass is 16.5. The Morgan fingerprint density at radius 1 is 0.700 bits per heavy atom. The predicted molar refractivity (Wildman–Crippen MR) is 111 cm³/mol. The van der Waals surface area contributed by atoms with Gasteiger partial charge in [0, 0.05) is 0 Å². The molecule has 0 radical (unpaired) electrons. The van der Waals surface area contributed by atoms with E-state index in [9.17, 15) is 9.59 Å². The molecule has 0 aliphatic rings. The topological polar surface area (TPSA) is 130 Å². The van der Waals surface area contributed by atoms with Crippen LogP contribution >= 0.6 is 0 Å². The Morgan fingerprint density at radius 3 is 1.37 bits per heavy atom. The molecule has 3 rings (SSSR count). The lowest BCUT2D eigenvalue weighted by atomic mass is 10.1. The average molecular weight is 406 g/mol. The molecule has 30 heavy (non-hydrogen) atoms.